The van der Waals surface area contributed by atoms with Crippen molar-refractivity contribution in [3.05, 3.63) is 55.9 Å². The number of carbonyl (C=O) groups is 1. The molecule has 0 amide bonds. The van der Waals surface area contributed by atoms with Crippen molar-refractivity contribution >= 4 is 17.3 Å². The van der Waals surface area contributed by atoms with E-state index >= 15 is 0 Å². The Balaban J connectivity index is 1.95. The van der Waals surface area contributed by atoms with E-state index in [-0.39, 0.29) is 10.4 Å². The molecule has 0 aliphatic rings. The first kappa shape index (κ1) is 14.4. The van der Waals surface area contributed by atoms with E-state index in [2.05, 4.69) is 15.0 Å². The Morgan fingerprint density at radius 3 is 2.85 bits per heavy atom. The Bertz CT molecular complexity index is 666. The summed E-state index contributed by atoms with van der Waals surface area (Å²) in [5.41, 5.74) is 1.40. The van der Waals surface area contributed by atoms with Crippen molar-refractivity contribution in [3.8, 4) is 0 Å². The van der Waals surface area contributed by atoms with Crippen LogP contribution in [0.3, 0.4) is 0 Å². The molecular weight excluding hydrogens is 283 g/mol. The highest BCUT2D eigenvalue weighted by Crippen LogP contribution is 2.11. The third-order valence-corrected chi connectivity index (χ3v) is 3.37. The van der Waals surface area contributed by atoms with Crippen LogP contribution >= 0.6 is 11.3 Å². The molecule has 0 atom stereocenters. The van der Waals surface area contributed by atoms with Gasteiger partial charge in [0.15, 0.2) is 0 Å². The summed E-state index contributed by atoms with van der Waals surface area (Å²) in [6.07, 6.45) is 0. The number of thiazole rings is 1. The van der Waals surface area contributed by atoms with Crippen molar-refractivity contribution in [1.82, 2.24) is 10.3 Å². The molecule has 5 nitrogen and oxygen atoms in total. The maximum Gasteiger partial charge on any atom is 0.340 e. The van der Waals surface area contributed by atoms with Crippen molar-refractivity contribution in [2.45, 2.75) is 13.1 Å². The van der Waals surface area contributed by atoms with Crippen LogP contribution in [-0.4, -0.2) is 18.1 Å². The molecule has 0 aliphatic carbocycles. The first-order chi connectivity index (χ1) is 9.60. The number of esters is 1. The summed E-state index contributed by atoms with van der Waals surface area (Å²) < 4.78 is 18.1. The Hall–Kier alpha value is -1.99. The average Bonchev–Trinajstić information content (AvgIpc) is 2.84. The van der Waals surface area contributed by atoms with Gasteiger partial charge in [0, 0.05) is 24.2 Å². The third kappa shape index (κ3) is 3.52. The summed E-state index contributed by atoms with van der Waals surface area (Å²) >= 11 is 1.10. The number of ether oxygens (including phenoxy) is 1. The maximum absolute atomic E-state index is 13.7. The van der Waals surface area contributed by atoms with Gasteiger partial charge in [0.25, 0.3) is 0 Å². The first-order valence-corrected chi connectivity index (χ1v) is 6.72. The molecule has 0 radical (unpaired) electrons. The lowest BCUT2D eigenvalue weighted by Crippen LogP contribution is -2.14. The van der Waals surface area contributed by atoms with Gasteiger partial charge in [-0.1, -0.05) is 17.4 Å². The Morgan fingerprint density at radius 2 is 2.25 bits per heavy atom. The van der Waals surface area contributed by atoms with Crippen molar-refractivity contribution in [3.63, 3.8) is 0 Å². The number of H-pyrrole nitrogens is 1. The minimum absolute atomic E-state index is 0.0848. The van der Waals surface area contributed by atoms with Crippen LogP contribution in [0.25, 0.3) is 0 Å². The second kappa shape index (κ2) is 6.44. The van der Waals surface area contributed by atoms with Gasteiger partial charge in [0.05, 0.1) is 12.7 Å². The van der Waals surface area contributed by atoms with Gasteiger partial charge in [-0.15, -0.1) is 0 Å². The number of nitrogens with one attached hydrogen (secondary N) is 2. The van der Waals surface area contributed by atoms with E-state index < -0.39 is 11.8 Å². The smallest absolute Gasteiger partial charge is 0.340 e. The van der Waals surface area contributed by atoms with Crippen molar-refractivity contribution in [2.75, 3.05) is 7.11 Å². The Labute approximate surface area is 118 Å². The Kier molecular flexibility index (Phi) is 4.65. The molecule has 106 valence electrons. The molecule has 1 heterocycles. The molecule has 0 fully saturated rings. The SMILES string of the molecule is COC(=O)c1ccc(CNCc2csc(=O)[nH]2)cc1F. The number of benzene rings is 1. The summed E-state index contributed by atoms with van der Waals surface area (Å²) in [6, 6.07) is 4.33. The van der Waals surface area contributed by atoms with Crippen LogP contribution in [0.2, 0.25) is 0 Å². The number of rotatable bonds is 5. The van der Waals surface area contributed by atoms with Gasteiger partial charge in [-0.3, -0.25) is 4.79 Å². The van der Waals surface area contributed by atoms with E-state index in [1.165, 1.54) is 19.2 Å². The quantitative estimate of drug-likeness (QED) is 0.823. The monoisotopic (exact) mass is 296 g/mol. The van der Waals surface area contributed by atoms with Gasteiger partial charge in [0.1, 0.15) is 5.82 Å². The zero-order valence-electron chi connectivity index (χ0n) is 10.7. The largest absolute Gasteiger partial charge is 0.465 e. The molecule has 0 spiro atoms. The zero-order chi connectivity index (χ0) is 14.5. The van der Waals surface area contributed by atoms with E-state index in [9.17, 15) is 14.0 Å². The molecule has 2 rings (SSSR count). The lowest BCUT2D eigenvalue weighted by molar-refractivity contribution is 0.0595. The van der Waals surface area contributed by atoms with Crippen molar-refractivity contribution in [2.24, 2.45) is 0 Å². The standard InChI is InChI=1S/C13H13FN2O3S/c1-19-12(17)10-3-2-8(4-11(10)14)5-15-6-9-7-20-13(18)16-9/h2-4,7,15H,5-6H2,1H3,(H,16,18). The molecule has 0 saturated carbocycles. The van der Waals surface area contributed by atoms with Gasteiger partial charge < -0.3 is 15.0 Å². The number of hydrogen-bond acceptors (Lipinski definition) is 5. The predicted octanol–water partition coefficient (Wildman–Crippen LogP) is 1.65. The number of aromatic nitrogens is 1. The second-order valence-corrected chi connectivity index (χ2v) is 4.92. The van der Waals surface area contributed by atoms with E-state index in [4.69, 9.17) is 0 Å². The fourth-order valence-corrected chi connectivity index (χ4v) is 2.27. The second-order valence-electron chi connectivity index (χ2n) is 4.08. The summed E-state index contributed by atoms with van der Waals surface area (Å²) in [7, 11) is 1.21. The topological polar surface area (TPSA) is 71.2 Å². The number of methoxy groups -OCH3 is 1. The van der Waals surface area contributed by atoms with Gasteiger partial charge in [0.2, 0.25) is 0 Å². The highest BCUT2D eigenvalue weighted by atomic mass is 32.1. The van der Waals surface area contributed by atoms with Crippen LogP contribution in [0.4, 0.5) is 4.39 Å². The summed E-state index contributed by atoms with van der Waals surface area (Å²) in [4.78, 5) is 24.7. The lowest BCUT2D eigenvalue weighted by Gasteiger charge is -2.06. The van der Waals surface area contributed by atoms with Crippen molar-refractivity contribution < 1.29 is 13.9 Å². The molecule has 1 aromatic carbocycles. The molecule has 0 saturated heterocycles. The van der Waals surface area contributed by atoms with Crippen LogP contribution in [0.5, 0.6) is 0 Å². The molecule has 7 heteroatoms. The fourth-order valence-electron chi connectivity index (χ4n) is 1.69. The number of halogens is 1. The molecule has 1 aromatic heterocycles. The van der Waals surface area contributed by atoms with Crippen LogP contribution < -0.4 is 10.2 Å². The number of carbonyl (C=O) groups excluding carboxylic acids is 1. The van der Waals surface area contributed by atoms with E-state index in [1.54, 1.807) is 11.4 Å². The van der Waals surface area contributed by atoms with E-state index in [1.807, 2.05) is 0 Å². The highest BCUT2D eigenvalue weighted by molar-refractivity contribution is 7.07. The molecular formula is C13H13FN2O3S. The van der Waals surface area contributed by atoms with E-state index in [0.717, 1.165) is 17.0 Å². The molecule has 0 unspecified atom stereocenters. The van der Waals surface area contributed by atoms with Crippen LogP contribution in [0.1, 0.15) is 21.6 Å². The van der Waals surface area contributed by atoms with Gasteiger partial charge in [-0.25, -0.2) is 9.18 Å². The minimum atomic E-state index is -0.696. The van der Waals surface area contributed by atoms with Gasteiger partial charge >= 0.3 is 10.8 Å². The molecule has 20 heavy (non-hydrogen) atoms. The van der Waals surface area contributed by atoms with Crippen LogP contribution in [0.15, 0.2) is 28.4 Å². The summed E-state index contributed by atoms with van der Waals surface area (Å²) in [6.45, 7) is 0.912. The lowest BCUT2D eigenvalue weighted by atomic mass is 10.1. The van der Waals surface area contributed by atoms with Crippen molar-refractivity contribution in [1.29, 1.82) is 0 Å². The Morgan fingerprint density at radius 1 is 1.45 bits per heavy atom. The van der Waals surface area contributed by atoms with Crippen LogP contribution in [-0.2, 0) is 17.8 Å². The summed E-state index contributed by atoms with van der Waals surface area (Å²) in [5, 5.41) is 4.81. The normalized spacial score (nSPS) is 10.5. The maximum atomic E-state index is 13.7. The average molecular weight is 296 g/mol. The zero-order valence-corrected chi connectivity index (χ0v) is 11.6. The predicted molar refractivity (Wildman–Crippen MR) is 73.2 cm³/mol. The molecule has 0 bridgehead atoms. The number of aromatic amines is 1. The molecule has 2 aromatic rings. The van der Waals surface area contributed by atoms with Gasteiger partial charge in [-0.2, -0.15) is 0 Å². The third-order valence-electron chi connectivity index (χ3n) is 2.65. The molecule has 2 N–H and O–H groups in total. The highest BCUT2D eigenvalue weighted by Gasteiger charge is 2.12. The van der Waals surface area contributed by atoms with Gasteiger partial charge in [-0.05, 0) is 17.7 Å². The minimum Gasteiger partial charge on any atom is -0.465 e. The van der Waals surface area contributed by atoms with Crippen LogP contribution in [0, 0.1) is 5.82 Å². The van der Waals surface area contributed by atoms with E-state index in [0.29, 0.717) is 18.7 Å². The summed E-state index contributed by atoms with van der Waals surface area (Å²) in [5.74, 6) is -1.31. The number of hydrogen-bond donors (Lipinski definition) is 2. The molecule has 0 aliphatic heterocycles. The fraction of sp³-hybridized carbons (Fsp3) is 0.231. The first-order valence-electron chi connectivity index (χ1n) is 5.84.